The van der Waals surface area contributed by atoms with E-state index in [1.165, 1.54) is 18.5 Å². The van der Waals surface area contributed by atoms with Crippen molar-refractivity contribution in [3.63, 3.8) is 0 Å². The van der Waals surface area contributed by atoms with Gasteiger partial charge in [0.1, 0.15) is 6.61 Å². The van der Waals surface area contributed by atoms with Crippen LogP contribution in [0.2, 0.25) is 0 Å². The van der Waals surface area contributed by atoms with E-state index >= 15 is 0 Å². The van der Waals surface area contributed by atoms with E-state index < -0.39 is 4.92 Å². The summed E-state index contributed by atoms with van der Waals surface area (Å²) in [4.78, 5) is 18.4. The van der Waals surface area contributed by atoms with E-state index in [-0.39, 0.29) is 18.0 Å². The number of nitrogen functional groups attached to an aromatic ring is 1. The number of halogens is 1. The predicted molar refractivity (Wildman–Crippen MR) is 75.0 cm³/mol. The first-order valence-corrected chi connectivity index (χ1v) is 6.24. The summed E-state index contributed by atoms with van der Waals surface area (Å²) in [6, 6.07) is 4.60. The van der Waals surface area contributed by atoms with Gasteiger partial charge in [0.05, 0.1) is 27.5 Å². The van der Waals surface area contributed by atoms with Crippen molar-refractivity contribution in [1.29, 1.82) is 0 Å². The van der Waals surface area contributed by atoms with Gasteiger partial charge in [0.2, 0.25) is 5.75 Å². The fourth-order valence-corrected chi connectivity index (χ4v) is 1.90. The zero-order valence-electron chi connectivity index (χ0n) is 10.1. The number of anilines is 1. The molecule has 0 aliphatic carbocycles. The van der Waals surface area contributed by atoms with Gasteiger partial charge in [-0.25, -0.2) is 10.8 Å². The zero-order chi connectivity index (χ0) is 14.5. The van der Waals surface area contributed by atoms with Gasteiger partial charge in [0.25, 0.3) is 0 Å². The summed E-state index contributed by atoms with van der Waals surface area (Å²) in [7, 11) is 0. The van der Waals surface area contributed by atoms with Gasteiger partial charge in [-0.3, -0.25) is 15.1 Å². The minimum absolute atomic E-state index is 0.0568. The Morgan fingerprint density at radius 1 is 1.40 bits per heavy atom. The van der Waals surface area contributed by atoms with Crippen molar-refractivity contribution in [2.24, 2.45) is 5.84 Å². The molecular weight excluding hydrogens is 330 g/mol. The summed E-state index contributed by atoms with van der Waals surface area (Å²) in [5.74, 6) is 5.74. The molecule has 0 saturated carbocycles. The number of nitrogens with zero attached hydrogens (tertiary/aromatic N) is 3. The normalized spacial score (nSPS) is 10.1. The molecule has 0 unspecified atom stereocenters. The third-order valence-corrected chi connectivity index (χ3v) is 2.98. The van der Waals surface area contributed by atoms with Crippen LogP contribution in [0, 0.1) is 10.1 Å². The lowest BCUT2D eigenvalue weighted by atomic mass is 10.3. The Hall–Kier alpha value is -2.26. The fraction of sp³-hybridized carbons (Fsp3) is 0.0909. The first kappa shape index (κ1) is 14.2. The maximum atomic E-state index is 10.9. The molecule has 0 bridgehead atoms. The van der Waals surface area contributed by atoms with Crippen LogP contribution in [0.3, 0.4) is 0 Å². The van der Waals surface area contributed by atoms with E-state index in [0.717, 1.165) is 0 Å². The Bertz CT molecular complexity index is 620. The molecular formula is C11H10BrN5O3. The second-order valence-corrected chi connectivity index (χ2v) is 4.53. The molecule has 8 nitrogen and oxygen atoms in total. The lowest BCUT2D eigenvalue weighted by molar-refractivity contribution is -0.386. The van der Waals surface area contributed by atoms with Gasteiger partial charge in [-0.2, -0.15) is 0 Å². The highest BCUT2D eigenvalue weighted by Crippen LogP contribution is 2.35. The lowest BCUT2D eigenvalue weighted by Gasteiger charge is -2.08. The van der Waals surface area contributed by atoms with E-state index in [2.05, 4.69) is 31.3 Å². The van der Waals surface area contributed by atoms with Crippen LogP contribution in [0.1, 0.15) is 5.69 Å². The van der Waals surface area contributed by atoms with Crippen LogP contribution in [0.4, 0.5) is 11.5 Å². The SMILES string of the molecule is NNc1cnc(COc2c(Br)cccc2[N+](=O)[O-])cn1. The second-order valence-electron chi connectivity index (χ2n) is 3.67. The second kappa shape index (κ2) is 6.26. The summed E-state index contributed by atoms with van der Waals surface area (Å²) >= 11 is 3.22. The largest absolute Gasteiger partial charge is 0.479 e. The highest BCUT2D eigenvalue weighted by molar-refractivity contribution is 9.10. The van der Waals surface area contributed by atoms with Gasteiger partial charge in [-0.05, 0) is 22.0 Å². The third-order valence-electron chi connectivity index (χ3n) is 2.36. The van der Waals surface area contributed by atoms with Crippen molar-refractivity contribution in [2.75, 3.05) is 5.43 Å². The monoisotopic (exact) mass is 339 g/mol. The molecule has 1 heterocycles. The molecule has 0 spiro atoms. The number of benzene rings is 1. The number of rotatable bonds is 5. The van der Waals surface area contributed by atoms with E-state index in [0.29, 0.717) is 16.0 Å². The van der Waals surface area contributed by atoms with Crippen molar-refractivity contribution in [2.45, 2.75) is 6.61 Å². The van der Waals surface area contributed by atoms with Crippen LogP contribution in [0.15, 0.2) is 35.1 Å². The molecule has 9 heteroatoms. The summed E-state index contributed by atoms with van der Waals surface area (Å²) in [6.07, 6.45) is 2.91. The molecule has 0 aliphatic rings. The molecule has 104 valence electrons. The number of nitro groups is 1. The standard InChI is InChI=1S/C11H10BrN5O3/c12-8-2-1-3-9(17(18)19)11(8)20-6-7-4-15-10(16-13)5-14-7/h1-5H,6,13H2,(H,15,16). The molecule has 0 atom stereocenters. The van der Waals surface area contributed by atoms with Crippen molar-refractivity contribution in [3.05, 3.63) is 50.9 Å². The minimum Gasteiger partial charge on any atom is -0.479 e. The van der Waals surface area contributed by atoms with Crippen molar-refractivity contribution in [3.8, 4) is 5.75 Å². The molecule has 0 saturated heterocycles. The Balaban J connectivity index is 2.16. The molecule has 20 heavy (non-hydrogen) atoms. The highest BCUT2D eigenvalue weighted by Gasteiger charge is 2.18. The number of hydrazine groups is 1. The number of ether oxygens (including phenoxy) is 1. The zero-order valence-corrected chi connectivity index (χ0v) is 11.7. The maximum absolute atomic E-state index is 10.9. The van der Waals surface area contributed by atoms with E-state index in [1.807, 2.05) is 0 Å². The molecule has 3 N–H and O–H groups in total. The smallest absolute Gasteiger partial charge is 0.312 e. The number of aromatic nitrogens is 2. The van der Waals surface area contributed by atoms with Crippen molar-refractivity contribution < 1.29 is 9.66 Å². The Morgan fingerprint density at radius 2 is 2.20 bits per heavy atom. The highest BCUT2D eigenvalue weighted by atomic mass is 79.9. The molecule has 0 fully saturated rings. The topological polar surface area (TPSA) is 116 Å². The average Bonchev–Trinajstić information content (AvgIpc) is 2.46. The first-order chi connectivity index (χ1) is 9.61. The van der Waals surface area contributed by atoms with Crippen molar-refractivity contribution in [1.82, 2.24) is 9.97 Å². The fourth-order valence-electron chi connectivity index (χ4n) is 1.43. The van der Waals surface area contributed by atoms with Crippen LogP contribution >= 0.6 is 15.9 Å². The minimum atomic E-state index is -0.507. The maximum Gasteiger partial charge on any atom is 0.312 e. The molecule has 1 aromatic carbocycles. The molecule has 0 aliphatic heterocycles. The average molecular weight is 340 g/mol. The van der Waals surface area contributed by atoms with Gasteiger partial charge < -0.3 is 10.2 Å². The van der Waals surface area contributed by atoms with E-state index in [4.69, 9.17) is 10.6 Å². The number of nitrogens with one attached hydrogen (secondary N) is 1. The third kappa shape index (κ3) is 3.19. The van der Waals surface area contributed by atoms with Gasteiger partial charge in [0.15, 0.2) is 5.82 Å². The van der Waals surface area contributed by atoms with Crippen LogP contribution in [-0.2, 0) is 6.61 Å². The summed E-state index contributed by atoms with van der Waals surface area (Å²) in [5.41, 5.74) is 2.75. The van der Waals surface area contributed by atoms with Gasteiger partial charge in [-0.1, -0.05) is 6.07 Å². The Labute approximate surface area is 122 Å². The molecule has 2 aromatic rings. The van der Waals surface area contributed by atoms with Crippen LogP contribution in [-0.4, -0.2) is 14.9 Å². The quantitative estimate of drug-likeness (QED) is 0.486. The molecule has 2 rings (SSSR count). The predicted octanol–water partition coefficient (Wildman–Crippen LogP) is 2.01. The summed E-state index contributed by atoms with van der Waals surface area (Å²) < 4.78 is 5.95. The summed E-state index contributed by atoms with van der Waals surface area (Å²) in [6.45, 7) is 0.0568. The van der Waals surface area contributed by atoms with Crippen LogP contribution in [0.5, 0.6) is 5.75 Å². The van der Waals surface area contributed by atoms with Gasteiger partial charge in [0, 0.05) is 6.07 Å². The van der Waals surface area contributed by atoms with Crippen LogP contribution < -0.4 is 16.0 Å². The van der Waals surface area contributed by atoms with E-state index in [1.54, 1.807) is 12.1 Å². The number of nitrogens with two attached hydrogens (primary N) is 1. The molecule has 0 amide bonds. The Morgan fingerprint density at radius 3 is 2.80 bits per heavy atom. The van der Waals surface area contributed by atoms with E-state index in [9.17, 15) is 10.1 Å². The summed E-state index contributed by atoms with van der Waals surface area (Å²) in [5, 5.41) is 10.9. The van der Waals surface area contributed by atoms with Gasteiger partial charge in [-0.15, -0.1) is 0 Å². The number of nitro benzene ring substituents is 1. The number of hydrogen-bond donors (Lipinski definition) is 2. The Kier molecular flexibility index (Phi) is 4.43. The number of para-hydroxylation sites is 1. The molecule has 0 radical (unpaired) electrons. The molecule has 1 aromatic heterocycles. The lowest BCUT2D eigenvalue weighted by Crippen LogP contribution is -2.09. The van der Waals surface area contributed by atoms with Crippen LogP contribution in [0.25, 0.3) is 0 Å². The van der Waals surface area contributed by atoms with Gasteiger partial charge >= 0.3 is 5.69 Å². The number of hydrogen-bond acceptors (Lipinski definition) is 7. The first-order valence-electron chi connectivity index (χ1n) is 5.45. The van der Waals surface area contributed by atoms with Crippen molar-refractivity contribution >= 4 is 27.4 Å².